The second kappa shape index (κ2) is 11.1. The van der Waals surface area contributed by atoms with Crippen LogP contribution in [0.5, 0.6) is 11.5 Å². The van der Waals surface area contributed by atoms with Gasteiger partial charge in [0.05, 0.1) is 13.2 Å². The molecule has 4 rings (SSSR count). The van der Waals surface area contributed by atoms with Crippen LogP contribution in [-0.4, -0.2) is 64.3 Å². The van der Waals surface area contributed by atoms with E-state index in [2.05, 4.69) is 15.4 Å². The normalized spacial score (nSPS) is 20.6. The van der Waals surface area contributed by atoms with Gasteiger partial charge in [-0.15, -0.1) is 0 Å². The molecule has 1 amide bonds. The number of carbonyl (C=O) groups excluding carboxylic acids is 1. The predicted octanol–water partition coefficient (Wildman–Crippen LogP) is 2.02. The van der Waals surface area contributed by atoms with Crippen molar-refractivity contribution in [1.82, 2.24) is 15.4 Å². The number of phenols is 1. The number of rotatable bonds is 9. The molecule has 36 heavy (non-hydrogen) atoms. The van der Waals surface area contributed by atoms with E-state index in [9.17, 15) is 22.7 Å². The standard InChI is InChI=1S/C25H32FN3O6S/c1-34-21-9-3-8-20(30)22(21)23(31)29-24(36(32,33)28-16-19-7-4-14-35-19)25(10-12-27-13-11-25)17-5-2-6-18(26)15-17/h2-3,5-6,8-9,15,19,24,27-28,30H,4,7,10-14,16H2,1H3,(H,29,31). The zero-order valence-corrected chi connectivity index (χ0v) is 20.9. The van der Waals surface area contributed by atoms with Gasteiger partial charge in [-0.2, -0.15) is 0 Å². The molecular weight excluding hydrogens is 489 g/mol. The Morgan fingerprint density at radius 3 is 2.69 bits per heavy atom. The van der Waals surface area contributed by atoms with E-state index in [1.54, 1.807) is 6.07 Å². The average Bonchev–Trinajstić information content (AvgIpc) is 3.40. The topological polar surface area (TPSA) is 126 Å². The molecule has 2 aliphatic rings. The van der Waals surface area contributed by atoms with E-state index >= 15 is 0 Å². The zero-order valence-electron chi connectivity index (χ0n) is 20.1. The van der Waals surface area contributed by atoms with Crippen molar-refractivity contribution >= 4 is 15.9 Å². The average molecular weight is 522 g/mol. The van der Waals surface area contributed by atoms with Gasteiger partial charge in [-0.1, -0.05) is 18.2 Å². The van der Waals surface area contributed by atoms with Gasteiger partial charge in [0.25, 0.3) is 5.91 Å². The van der Waals surface area contributed by atoms with E-state index in [4.69, 9.17) is 9.47 Å². The largest absolute Gasteiger partial charge is 0.507 e. The molecule has 2 saturated heterocycles. The van der Waals surface area contributed by atoms with Crippen LogP contribution in [0.15, 0.2) is 42.5 Å². The highest BCUT2D eigenvalue weighted by Crippen LogP contribution is 2.40. The molecule has 2 fully saturated rings. The van der Waals surface area contributed by atoms with E-state index in [0.29, 0.717) is 38.1 Å². The molecular formula is C25H32FN3O6S. The van der Waals surface area contributed by atoms with Crippen molar-refractivity contribution in [2.24, 2.45) is 0 Å². The Labute approximate surface area is 210 Å². The Morgan fingerprint density at radius 2 is 2.03 bits per heavy atom. The molecule has 2 aromatic rings. The molecule has 0 saturated carbocycles. The Bertz CT molecular complexity index is 1180. The van der Waals surface area contributed by atoms with E-state index in [-0.39, 0.29) is 29.7 Å². The lowest BCUT2D eigenvalue weighted by atomic mass is 9.72. The lowest BCUT2D eigenvalue weighted by Crippen LogP contribution is -2.61. The number of phenolic OH excluding ortho intramolecular Hbond substituents is 1. The molecule has 0 aromatic heterocycles. The number of aromatic hydroxyl groups is 1. The van der Waals surface area contributed by atoms with Gasteiger partial charge in [-0.25, -0.2) is 17.5 Å². The van der Waals surface area contributed by atoms with Crippen LogP contribution in [0.1, 0.15) is 41.6 Å². The van der Waals surface area contributed by atoms with Crippen molar-refractivity contribution in [3.05, 3.63) is 59.4 Å². The van der Waals surface area contributed by atoms with Gasteiger partial charge in [0.1, 0.15) is 22.9 Å². The molecule has 4 N–H and O–H groups in total. The molecule has 2 heterocycles. The molecule has 9 nitrogen and oxygen atoms in total. The number of sulfonamides is 1. The van der Waals surface area contributed by atoms with Crippen LogP contribution in [0.4, 0.5) is 4.39 Å². The minimum atomic E-state index is -4.20. The Morgan fingerprint density at radius 1 is 1.28 bits per heavy atom. The van der Waals surface area contributed by atoms with Gasteiger partial charge in [0.2, 0.25) is 10.0 Å². The Balaban J connectivity index is 1.77. The number of ether oxygens (including phenoxy) is 2. The number of nitrogens with one attached hydrogen (secondary N) is 3. The molecule has 2 aliphatic heterocycles. The number of halogens is 1. The highest BCUT2D eigenvalue weighted by Gasteiger charge is 2.49. The van der Waals surface area contributed by atoms with Gasteiger partial charge in [-0.3, -0.25) is 4.79 Å². The zero-order chi connectivity index (χ0) is 25.8. The first-order valence-electron chi connectivity index (χ1n) is 12.0. The van der Waals surface area contributed by atoms with Gasteiger partial charge >= 0.3 is 0 Å². The van der Waals surface area contributed by atoms with Crippen LogP contribution in [-0.2, 0) is 20.2 Å². The minimum absolute atomic E-state index is 0.0616. The summed E-state index contributed by atoms with van der Waals surface area (Å²) in [6.07, 6.45) is 1.99. The van der Waals surface area contributed by atoms with Crippen molar-refractivity contribution in [3.8, 4) is 11.5 Å². The van der Waals surface area contributed by atoms with Crippen LogP contribution in [0.25, 0.3) is 0 Å². The number of amides is 1. The van der Waals surface area contributed by atoms with Crippen LogP contribution in [0.3, 0.4) is 0 Å². The molecule has 196 valence electrons. The van der Waals surface area contributed by atoms with Crippen molar-refractivity contribution in [2.75, 3.05) is 33.4 Å². The molecule has 2 atom stereocenters. The SMILES string of the molecule is COc1cccc(O)c1C(=O)NC(C1(c2cccc(F)c2)CCNCC1)S(=O)(=O)NCC1CCCO1. The second-order valence-electron chi connectivity index (χ2n) is 9.15. The summed E-state index contributed by atoms with van der Waals surface area (Å²) in [6, 6.07) is 10.2. The molecule has 2 unspecified atom stereocenters. The number of piperidine rings is 1. The van der Waals surface area contributed by atoms with Crippen molar-refractivity contribution in [3.63, 3.8) is 0 Å². The van der Waals surface area contributed by atoms with Crippen molar-refractivity contribution in [2.45, 2.75) is 42.6 Å². The summed E-state index contributed by atoms with van der Waals surface area (Å²) in [5.74, 6) is -1.56. The van der Waals surface area contributed by atoms with Gasteiger partial charge in [0, 0.05) is 18.6 Å². The maximum Gasteiger partial charge on any atom is 0.259 e. The highest BCUT2D eigenvalue weighted by molar-refractivity contribution is 7.90. The number of methoxy groups -OCH3 is 1. The highest BCUT2D eigenvalue weighted by atomic mass is 32.2. The van der Waals surface area contributed by atoms with Crippen LogP contribution >= 0.6 is 0 Å². The van der Waals surface area contributed by atoms with Gasteiger partial charge < -0.3 is 25.2 Å². The van der Waals surface area contributed by atoms with Crippen LogP contribution < -0.4 is 20.1 Å². The second-order valence-corrected chi connectivity index (χ2v) is 11.0. The van der Waals surface area contributed by atoms with E-state index in [1.165, 1.54) is 43.5 Å². The molecule has 0 spiro atoms. The lowest BCUT2D eigenvalue weighted by molar-refractivity contribution is 0.0918. The summed E-state index contributed by atoms with van der Waals surface area (Å²) in [4.78, 5) is 13.5. The van der Waals surface area contributed by atoms with E-state index in [1.807, 2.05) is 0 Å². The lowest BCUT2D eigenvalue weighted by Gasteiger charge is -2.44. The number of hydrogen-bond donors (Lipinski definition) is 4. The number of carbonyl (C=O) groups is 1. The van der Waals surface area contributed by atoms with E-state index < -0.39 is 32.5 Å². The third-order valence-corrected chi connectivity index (χ3v) is 8.72. The molecule has 2 aromatic carbocycles. The molecule has 0 radical (unpaired) electrons. The summed E-state index contributed by atoms with van der Waals surface area (Å²) < 4.78 is 55.5. The number of benzene rings is 2. The fourth-order valence-electron chi connectivity index (χ4n) is 5.09. The fraction of sp³-hybridized carbons (Fsp3) is 0.480. The summed E-state index contributed by atoms with van der Waals surface area (Å²) >= 11 is 0. The Kier molecular flexibility index (Phi) is 8.13. The molecule has 0 aliphatic carbocycles. The number of hydrogen-bond acceptors (Lipinski definition) is 7. The molecule has 0 bridgehead atoms. The van der Waals surface area contributed by atoms with Crippen molar-refractivity contribution in [1.29, 1.82) is 0 Å². The first-order chi connectivity index (χ1) is 17.3. The summed E-state index contributed by atoms with van der Waals surface area (Å²) in [7, 11) is -2.85. The maximum absolute atomic E-state index is 14.3. The summed E-state index contributed by atoms with van der Waals surface area (Å²) in [5.41, 5.74) is -0.841. The summed E-state index contributed by atoms with van der Waals surface area (Å²) in [5, 5.41) is 14.8. The van der Waals surface area contributed by atoms with E-state index in [0.717, 1.165) is 12.8 Å². The third-order valence-electron chi connectivity index (χ3n) is 6.96. The maximum atomic E-state index is 14.3. The summed E-state index contributed by atoms with van der Waals surface area (Å²) in [6.45, 7) is 1.58. The van der Waals surface area contributed by atoms with Crippen LogP contribution in [0, 0.1) is 5.82 Å². The van der Waals surface area contributed by atoms with Crippen molar-refractivity contribution < 1.29 is 32.2 Å². The third kappa shape index (κ3) is 5.49. The first kappa shape index (κ1) is 26.3. The van der Waals surface area contributed by atoms with Crippen LogP contribution in [0.2, 0.25) is 0 Å². The predicted molar refractivity (Wildman–Crippen MR) is 132 cm³/mol. The Hall–Kier alpha value is -2.73. The van der Waals surface area contributed by atoms with Gasteiger partial charge in [-0.05, 0) is 68.6 Å². The quantitative estimate of drug-likeness (QED) is 0.398. The minimum Gasteiger partial charge on any atom is -0.507 e. The monoisotopic (exact) mass is 521 g/mol. The fourth-order valence-corrected chi connectivity index (χ4v) is 6.91. The smallest absolute Gasteiger partial charge is 0.259 e. The molecule has 11 heteroatoms. The first-order valence-corrected chi connectivity index (χ1v) is 13.5. The van der Waals surface area contributed by atoms with Gasteiger partial charge in [0.15, 0.2) is 5.37 Å².